The highest BCUT2D eigenvalue weighted by Crippen LogP contribution is 2.41. The minimum Gasteiger partial charge on any atom is -0.414 e. The lowest BCUT2D eigenvalue weighted by atomic mass is 10.1. The van der Waals surface area contributed by atoms with E-state index in [1.54, 1.807) is 0 Å². The summed E-state index contributed by atoms with van der Waals surface area (Å²) < 4.78 is 12.6. The molecule has 0 aliphatic heterocycles. The largest absolute Gasteiger partial charge is 0.414 e. The number of carbonyl (C=O) groups excluding carboxylic acids is 1. The molecule has 2 saturated carbocycles. The third-order valence-corrected chi connectivity index (χ3v) is 17.0. The maximum Gasteiger partial charge on any atom is 0.192 e. The van der Waals surface area contributed by atoms with Crippen molar-refractivity contribution in [2.75, 3.05) is 6.61 Å². The Morgan fingerprint density at radius 3 is 1.57 bits per heavy atom. The highest BCUT2D eigenvalue weighted by molar-refractivity contribution is 6.74. The van der Waals surface area contributed by atoms with Crippen LogP contribution >= 0.6 is 0 Å². The van der Waals surface area contributed by atoms with E-state index in [0.717, 1.165) is 44.8 Å². The molecule has 2 fully saturated rings. The average molecular weight is 459 g/mol. The van der Waals surface area contributed by atoms with Gasteiger partial charge in [0, 0.05) is 24.7 Å². The van der Waals surface area contributed by atoms with Gasteiger partial charge in [-0.1, -0.05) is 41.5 Å². The quantitative estimate of drug-likeness (QED) is 0.362. The molecular weight excluding hydrogens is 408 g/mol. The molecule has 2 aliphatic rings. The normalized spacial score (nSPS) is 28.2. The molecule has 0 amide bonds. The Bertz CT molecular complexity index is 534. The Balaban J connectivity index is 0.000000300. The van der Waals surface area contributed by atoms with Crippen molar-refractivity contribution in [3.63, 3.8) is 0 Å². The number of hydrogen-bond donors (Lipinski definition) is 1. The first-order valence-electron chi connectivity index (χ1n) is 11.9. The second-order valence-corrected chi connectivity index (χ2v) is 22.1. The van der Waals surface area contributed by atoms with E-state index < -0.39 is 16.6 Å². The van der Waals surface area contributed by atoms with Crippen molar-refractivity contribution < 1.29 is 18.8 Å². The molecule has 30 heavy (non-hydrogen) atoms. The molecule has 0 aromatic rings. The molecule has 4 unspecified atom stereocenters. The molecule has 4 atom stereocenters. The van der Waals surface area contributed by atoms with E-state index in [2.05, 4.69) is 67.7 Å². The first kappa shape index (κ1) is 28.0. The summed E-state index contributed by atoms with van der Waals surface area (Å²) in [4.78, 5) is 10.7. The minimum atomic E-state index is -1.63. The van der Waals surface area contributed by atoms with Crippen molar-refractivity contribution >= 4 is 22.9 Å². The van der Waals surface area contributed by atoms with Gasteiger partial charge in [-0.25, -0.2) is 0 Å². The van der Waals surface area contributed by atoms with Crippen LogP contribution in [0.4, 0.5) is 0 Å². The van der Waals surface area contributed by atoms with Gasteiger partial charge in [0.2, 0.25) is 0 Å². The van der Waals surface area contributed by atoms with Crippen molar-refractivity contribution in [3.8, 4) is 0 Å². The molecule has 0 heterocycles. The van der Waals surface area contributed by atoms with E-state index in [0.29, 0.717) is 29.8 Å². The van der Waals surface area contributed by atoms with Crippen LogP contribution in [0.25, 0.3) is 0 Å². The number of rotatable bonds is 6. The Labute approximate surface area is 188 Å². The van der Waals surface area contributed by atoms with Crippen LogP contribution in [-0.4, -0.2) is 46.8 Å². The van der Waals surface area contributed by atoms with E-state index >= 15 is 0 Å². The minimum absolute atomic E-state index is 0.250. The smallest absolute Gasteiger partial charge is 0.192 e. The SMILES string of the molecule is CC(C)(C)[Si](C)(C)OC1CCC(C=O)C1.CC(C)(C)[Si](C)(C)OC1CCC(CO)C1. The van der Waals surface area contributed by atoms with Crippen LogP contribution in [0.2, 0.25) is 36.3 Å². The van der Waals surface area contributed by atoms with Gasteiger partial charge in [0.1, 0.15) is 6.29 Å². The fourth-order valence-electron chi connectivity index (χ4n) is 3.69. The molecule has 2 rings (SSSR count). The second-order valence-electron chi connectivity index (χ2n) is 12.6. The van der Waals surface area contributed by atoms with E-state index in [4.69, 9.17) is 14.0 Å². The standard InChI is InChI=1S/C12H26O2Si.C12H24O2Si/c2*1-12(2,3)15(4,5)14-11-7-6-10(8-11)9-13/h10-11,13H,6-9H2,1-5H3;9-11H,6-8H2,1-5H3. The lowest BCUT2D eigenvalue weighted by molar-refractivity contribution is -0.111. The van der Waals surface area contributed by atoms with E-state index in [1.165, 1.54) is 0 Å². The van der Waals surface area contributed by atoms with Crippen LogP contribution in [0.1, 0.15) is 80.1 Å². The van der Waals surface area contributed by atoms with Crippen molar-refractivity contribution in [2.24, 2.45) is 11.8 Å². The molecule has 0 aromatic heterocycles. The number of aldehydes is 1. The summed E-state index contributed by atoms with van der Waals surface area (Å²) in [6.07, 6.45) is 8.18. The van der Waals surface area contributed by atoms with Gasteiger partial charge in [0.25, 0.3) is 0 Å². The summed E-state index contributed by atoms with van der Waals surface area (Å²) in [7, 11) is -3.22. The van der Waals surface area contributed by atoms with Crippen LogP contribution in [-0.2, 0) is 13.6 Å². The third-order valence-electron chi connectivity index (χ3n) is 7.90. The van der Waals surface area contributed by atoms with Crippen LogP contribution in [0.3, 0.4) is 0 Å². The lowest BCUT2D eigenvalue weighted by Crippen LogP contribution is -2.43. The molecule has 6 heteroatoms. The first-order valence-corrected chi connectivity index (χ1v) is 17.8. The molecule has 0 radical (unpaired) electrons. The molecular formula is C24H50O4Si2. The topological polar surface area (TPSA) is 55.8 Å². The maximum absolute atomic E-state index is 10.7. The predicted octanol–water partition coefficient (Wildman–Crippen LogP) is 6.55. The Morgan fingerprint density at radius 2 is 1.23 bits per heavy atom. The predicted molar refractivity (Wildman–Crippen MR) is 132 cm³/mol. The molecule has 0 spiro atoms. The van der Waals surface area contributed by atoms with Gasteiger partial charge in [-0.3, -0.25) is 0 Å². The third kappa shape index (κ3) is 8.16. The highest BCUT2D eigenvalue weighted by Gasteiger charge is 2.41. The average Bonchev–Trinajstić information content (AvgIpc) is 3.21. The van der Waals surface area contributed by atoms with Crippen molar-refractivity contribution in [3.05, 3.63) is 0 Å². The Kier molecular flexibility index (Phi) is 10.0. The first-order chi connectivity index (χ1) is 13.5. The zero-order valence-corrected chi connectivity index (χ0v) is 23.5. The number of aliphatic hydroxyl groups excluding tert-OH is 1. The van der Waals surface area contributed by atoms with Gasteiger partial charge in [0.05, 0.1) is 0 Å². The fraction of sp³-hybridized carbons (Fsp3) is 0.958. The summed E-state index contributed by atoms with van der Waals surface area (Å²) in [5, 5.41) is 9.66. The molecule has 0 saturated heterocycles. The number of carbonyl (C=O) groups is 1. The highest BCUT2D eigenvalue weighted by atomic mass is 28.4. The van der Waals surface area contributed by atoms with Crippen molar-refractivity contribution in [2.45, 2.75) is 129 Å². The Morgan fingerprint density at radius 1 is 0.800 bits per heavy atom. The van der Waals surface area contributed by atoms with Crippen LogP contribution in [0.5, 0.6) is 0 Å². The molecule has 178 valence electrons. The van der Waals surface area contributed by atoms with Gasteiger partial charge in [-0.15, -0.1) is 0 Å². The van der Waals surface area contributed by atoms with Crippen molar-refractivity contribution in [1.82, 2.24) is 0 Å². The maximum atomic E-state index is 10.7. The summed E-state index contributed by atoms with van der Waals surface area (Å²) in [5.74, 6) is 0.736. The summed E-state index contributed by atoms with van der Waals surface area (Å²) >= 11 is 0. The van der Waals surface area contributed by atoms with Crippen LogP contribution in [0, 0.1) is 11.8 Å². The van der Waals surface area contributed by atoms with E-state index in [9.17, 15) is 4.79 Å². The second kappa shape index (κ2) is 10.7. The zero-order valence-electron chi connectivity index (χ0n) is 21.5. The molecule has 0 bridgehead atoms. The monoisotopic (exact) mass is 458 g/mol. The molecule has 2 aliphatic carbocycles. The van der Waals surface area contributed by atoms with Crippen LogP contribution in [0.15, 0.2) is 0 Å². The van der Waals surface area contributed by atoms with Gasteiger partial charge < -0.3 is 18.8 Å². The summed E-state index contributed by atoms with van der Waals surface area (Å²) in [5.41, 5.74) is 0. The lowest BCUT2D eigenvalue weighted by Gasteiger charge is -2.38. The molecule has 0 aromatic carbocycles. The van der Waals surface area contributed by atoms with Gasteiger partial charge in [0.15, 0.2) is 16.6 Å². The van der Waals surface area contributed by atoms with E-state index in [-0.39, 0.29) is 11.0 Å². The Hall–Kier alpha value is -0.0162. The van der Waals surface area contributed by atoms with E-state index in [1.807, 2.05) is 0 Å². The van der Waals surface area contributed by atoms with Crippen molar-refractivity contribution in [1.29, 1.82) is 0 Å². The molecule has 4 nitrogen and oxygen atoms in total. The summed E-state index contributed by atoms with van der Waals surface area (Å²) in [6.45, 7) is 23.1. The fourth-order valence-corrected chi connectivity index (χ4v) is 6.49. The number of hydrogen-bond acceptors (Lipinski definition) is 4. The van der Waals surface area contributed by atoms with Gasteiger partial charge in [-0.2, -0.15) is 0 Å². The zero-order chi connectivity index (χ0) is 23.4. The van der Waals surface area contributed by atoms with Crippen LogP contribution < -0.4 is 0 Å². The van der Waals surface area contributed by atoms with Gasteiger partial charge in [-0.05, 0) is 80.7 Å². The number of aliphatic hydroxyl groups is 1. The summed E-state index contributed by atoms with van der Waals surface area (Å²) in [6, 6.07) is 0. The molecule has 1 N–H and O–H groups in total. The van der Waals surface area contributed by atoms with Gasteiger partial charge >= 0.3 is 0 Å².